The Hall–Kier alpha value is -2.47. The van der Waals surface area contributed by atoms with E-state index < -0.39 is 11.6 Å². The third kappa shape index (κ3) is 2.02. The molecule has 0 aromatic heterocycles. The molecular weight excluding hydrogens is 244 g/mol. The van der Waals surface area contributed by atoms with E-state index in [1.165, 1.54) is 6.07 Å². The largest absolute Gasteiger partial charge is 0.324 e. The highest BCUT2D eigenvalue weighted by atomic mass is 19.3. The van der Waals surface area contributed by atoms with Gasteiger partial charge in [-0.3, -0.25) is 0 Å². The number of rotatable bonds is 0. The monoisotopic (exact) mass is 253 g/mol. The Morgan fingerprint density at radius 2 is 1.53 bits per heavy atom. The number of nitrogens with zero attached hydrogens (tertiary/aromatic N) is 1. The predicted octanol–water partition coefficient (Wildman–Crippen LogP) is 3.92. The van der Waals surface area contributed by atoms with E-state index in [1.54, 1.807) is 30.3 Å². The maximum atomic E-state index is 14.1. The van der Waals surface area contributed by atoms with E-state index in [0.29, 0.717) is 11.3 Å². The molecule has 0 N–H and O–H groups in total. The van der Waals surface area contributed by atoms with Gasteiger partial charge in [-0.15, -0.1) is 0 Å². The number of alkyl halides is 2. The van der Waals surface area contributed by atoms with Crippen LogP contribution in [0.1, 0.15) is 11.1 Å². The number of fused-ring (bicyclic) bond motifs is 1. The summed E-state index contributed by atoms with van der Waals surface area (Å²) in [5, 5.41) is 0. The molecule has 2 aromatic carbocycles. The molecule has 0 atom stereocenters. The molecule has 0 amide bonds. The minimum Gasteiger partial charge on any atom is -0.237 e. The van der Waals surface area contributed by atoms with E-state index >= 15 is 0 Å². The number of hydrogen-bond acceptors (Lipinski definition) is 1. The highest BCUT2D eigenvalue weighted by molar-refractivity contribution is 6.11. The molecule has 0 bridgehead atoms. The van der Waals surface area contributed by atoms with Crippen molar-refractivity contribution in [1.29, 1.82) is 0 Å². The first kappa shape index (κ1) is 11.6. The van der Waals surface area contributed by atoms with E-state index in [-0.39, 0.29) is 5.56 Å². The average molecular weight is 253 g/mol. The van der Waals surface area contributed by atoms with Crippen LogP contribution in [0.25, 0.3) is 0 Å². The lowest BCUT2D eigenvalue weighted by Gasteiger charge is -2.09. The second kappa shape index (κ2) is 4.33. The van der Waals surface area contributed by atoms with Gasteiger partial charge in [-0.1, -0.05) is 42.3 Å². The smallest absolute Gasteiger partial charge is 0.237 e. The Labute approximate surface area is 109 Å². The van der Waals surface area contributed by atoms with Crippen molar-refractivity contribution in [3.63, 3.8) is 0 Å². The molecule has 0 fully saturated rings. The van der Waals surface area contributed by atoms with Gasteiger partial charge in [0.1, 0.15) is 0 Å². The van der Waals surface area contributed by atoms with Gasteiger partial charge in [0.2, 0.25) is 0 Å². The van der Waals surface area contributed by atoms with E-state index in [2.05, 4.69) is 16.8 Å². The van der Waals surface area contributed by atoms with Crippen LogP contribution in [0.15, 0.2) is 59.6 Å². The molecule has 1 nitrogen and oxygen atoms in total. The SMILES string of the molecule is FC1(F)C(C#Cc2ccccc2)=Nc2ccccc21. The Bertz CT molecular complexity index is 706. The van der Waals surface area contributed by atoms with Crippen LogP contribution >= 0.6 is 0 Å². The zero-order chi connectivity index (χ0) is 13.3. The van der Waals surface area contributed by atoms with E-state index in [0.717, 1.165) is 0 Å². The molecule has 1 aliphatic rings. The molecule has 19 heavy (non-hydrogen) atoms. The molecule has 1 aliphatic heterocycles. The topological polar surface area (TPSA) is 12.4 Å². The third-order valence-electron chi connectivity index (χ3n) is 2.87. The van der Waals surface area contributed by atoms with Crippen molar-refractivity contribution >= 4 is 11.4 Å². The molecule has 0 saturated heterocycles. The lowest BCUT2D eigenvalue weighted by atomic mass is 10.1. The summed E-state index contributed by atoms with van der Waals surface area (Å²) in [5.74, 6) is 2.10. The van der Waals surface area contributed by atoms with Crippen molar-refractivity contribution in [1.82, 2.24) is 0 Å². The average Bonchev–Trinajstić information content (AvgIpc) is 2.70. The highest BCUT2D eigenvalue weighted by Crippen LogP contribution is 2.42. The summed E-state index contributed by atoms with van der Waals surface area (Å²) >= 11 is 0. The van der Waals surface area contributed by atoms with Crippen LogP contribution in [0.4, 0.5) is 14.5 Å². The zero-order valence-electron chi connectivity index (χ0n) is 9.90. The molecule has 3 heteroatoms. The fraction of sp³-hybridized carbons (Fsp3) is 0.0625. The van der Waals surface area contributed by atoms with E-state index in [4.69, 9.17) is 0 Å². The van der Waals surface area contributed by atoms with Gasteiger partial charge in [0.25, 0.3) is 0 Å². The van der Waals surface area contributed by atoms with Crippen LogP contribution in [0, 0.1) is 11.8 Å². The Morgan fingerprint density at radius 3 is 2.26 bits per heavy atom. The number of aliphatic imine (C=N–C) groups is 1. The first-order valence-corrected chi connectivity index (χ1v) is 5.81. The molecule has 0 saturated carbocycles. The summed E-state index contributed by atoms with van der Waals surface area (Å²) in [7, 11) is 0. The highest BCUT2D eigenvalue weighted by Gasteiger charge is 2.43. The van der Waals surface area contributed by atoms with Gasteiger partial charge < -0.3 is 0 Å². The molecular formula is C16H9F2N. The van der Waals surface area contributed by atoms with Gasteiger partial charge >= 0.3 is 5.92 Å². The summed E-state index contributed by atoms with van der Waals surface area (Å²) < 4.78 is 28.1. The fourth-order valence-corrected chi connectivity index (χ4v) is 1.91. The summed E-state index contributed by atoms with van der Waals surface area (Å²) in [6.07, 6.45) is 0. The van der Waals surface area contributed by atoms with Gasteiger partial charge in [0, 0.05) is 5.56 Å². The van der Waals surface area contributed by atoms with Crippen molar-refractivity contribution in [2.45, 2.75) is 5.92 Å². The minimum atomic E-state index is -3.10. The van der Waals surface area contributed by atoms with Crippen LogP contribution in [0.2, 0.25) is 0 Å². The maximum absolute atomic E-state index is 14.1. The van der Waals surface area contributed by atoms with Crippen LogP contribution < -0.4 is 0 Å². The van der Waals surface area contributed by atoms with Crippen molar-refractivity contribution < 1.29 is 8.78 Å². The van der Waals surface area contributed by atoms with Crippen molar-refractivity contribution in [3.8, 4) is 11.8 Å². The lowest BCUT2D eigenvalue weighted by molar-refractivity contribution is 0.0821. The summed E-state index contributed by atoms with van der Waals surface area (Å²) in [5.41, 5.74) is 0.520. The summed E-state index contributed by atoms with van der Waals surface area (Å²) in [6, 6.07) is 15.2. The second-order valence-corrected chi connectivity index (χ2v) is 4.17. The minimum absolute atomic E-state index is 0.0765. The number of para-hydroxylation sites is 1. The Balaban J connectivity index is 1.99. The maximum Gasteiger partial charge on any atom is 0.324 e. The standard InChI is InChI=1S/C16H9F2N/c17-16(18)13-8-4-5-9-14(13)19-15(16)11-10-12-6-2-1-3-7-12/h1-9H. The molecule has 0 spiro atoms. The van der Waals surface area contributed by atoms with Crippen molar-refractivity contribution in [2.75, 3.05) is 0 Å². The van der Waals surface area contributed by atoms with Gasteiger partial charge in [0.05, 0.1) is 11.3 Å². The van der Waals surface area contributed by atoms with Crippen LogP contribution in [0.5, 0.6) is 0 Å². The Kier molecular flexibility index (Phi) is 2.64. The lowest BCUT2D eigenvalue weighted by Crippen LogP contribution is -2.20. The molecule has 1 heterocycles. The van der Waals surface area contributed by atoms with Crippen molar-refractivity contribution in [2.24, 2.45) is 4.99 Å². The normalized spacial score (nSPS) is 15.2. The molecule has 2 aromatic rings. The van der Waals surface area contributed by atoms with Gasteiger partial charge in [-0.2, -0.15) is 8.78 Å². The van der Waals surface area contributed by atoms with Gasteiger partial charge in [-0.05, 0) is 24.1 Å². The summed E-state index contributed by atoms with van der Waals surface area (Å²) in [4.78, 5) is 3.91. The number of hydrogen-bond donors (Lipinski definition) is 0. The van der Waals surface area contributed by atoms with E-state index in [1.807, 2.05) is 18.2 Å². The Morgan fingerprint density at radius 1 is 0.842 bits per heavy atom. The third-order valence-corrected chi connectivity index (χ3v) is 2.87. The first-order chi connectivity index (χ1) is 9.18. The van der Waals surface area contributed by atoms with Crippen LogP contribution in [-0.4, -0.2) is 5.71 Å². The van der Waals surface area contributed by atoms with Crippen molar-refractivity contribution in [3.05, 3.63) is 65.7 Å². The summed E-state index contributed by atoms with van der Waals surface area (Å²) in [6.45, 7) is 0. The second-order valence-electron chi connectivity index (χ2n) is 4.17. The van der Waals surface area contributed by atoms with E-state index in [9.17, 15) is 8.78 Å². The predicted molar refractivity (Wildman–Crippen MR) is 70.8 cm³/mol. The number of halogens is 2. The van der Waals surface area contributed by atoms with Gasteiger partial charge in [0.15, 0.2) is 5.71 Å². The molecule has 0 unspecified atom stereocenters. The van der Waals surface area contributed by atoms with Gasteiger partial charge in [-0.25, -0.2) is 4.99 Å². The first-order valence-electron chi connectivity index (χ1n) is 5.81. The molecule has 3 rings (SSSR count). The molecule has 0 radical (unpaired) electrons. The van der Waals surface area contributed by atoms with Crippen LogP contribution in [-0.2, 0) is 5.92 Å². The number of benzene rings is 2. The fourth-order valence-electron chi connectivity index (χ4n) is 1.91. The quantitative estimate of drug-likeness (QED) is 0.631. The molecule has 0 aliphatic carbocycles. The molecule has 92 valence electrons. The van der Waals surface area contributed by atoms with Crippen LogP contribution in [0.3, 0.4) is 0 Å². The zero-order valence-corrected chi connectivity index (χ0v) is 9.90.